The van der Waals surface area contributed by atoms with Gasteiger partial charge >= 0.3 is 0 Å². The summed E-state index contributed by atoms with van der Waals surface area (Å²) in [6, 6.07) is 9.11. The Morgan fingerprint density at radius 3 is 2.40 bits per heavy atom. The van der Waals surface area contributed by atoms with Crippen molar-refractivity contribution in [1.82, 2.24) is 10.2 Å². The molecule has 1 aromatic rings. The zero-order valence-electron chi connectivity index (χ0n) is 13.6. The predicted octanol–water partition coefficient (Wildman–Crippen LogP) is 3.81. The van der Waals surface area contributed by atoms with Crippen LogP contribution in [0, 0.1) is 5.92 Å². The third kappa shape index (κ3) is 5.26. The van der Waals surface area contributed by atoms with Crippen LogP contribution in [-0.2, 0) is 13.1 Å². The molecule has 2 nitrogen and oxygen atoms in total. The number of piperidine rings is 1. The number of nitrogens with one attached hydrogen (secondary N) is 1. The zero-order valence-corrected chi connectivity index (χ0v) is 13.6. The molecular formula is C18H30N2. The van der Waals surface area contributed by atoms with Crippen LogP contribution in [0.4, 0.5) is 0 Å². The van der Waals surface area contributed by atoms with Crippen LogP contribution in [0.15, 0.2) is 24.3 Å². The van der Waals surface area contributed by atoms with Gasteiger partial charge in [-0.1, -0.05) is 31.2 Å². The molecule has 1 atom stereocenters. The Balaban J connectivity index is 1.85. The Hall–Kier alpha value is -0.860. The van der Waals surface area contributed by atoms with Gasteiger partial charge in [-0.05, 0) is 57.2 Å². The Labute approximate surface area is 124 Å². The van der Waals surface area contributed by atoms with Crippen molar-refractivity contribution in [3.05, 3.63) is 35.4 Å². The van der Waals surface area contributed by atoms with E-state index in [-0.39, 0.29) is 5.54 Å². The van der Waals surface area contributed by atoms with Crippen LogP contribution in [0.2, 0.25) is 0 Å². The van der Waals surface area contributed by atoms with Gasteiger partial charge < -0.3 is 5.32 Å². The van der Waals surface area contributed by atoms with Crippen molar-refractivity contribution in [3.8, 4) is 0 Å². The van der Waals surface area contributed by atoms with Crippen molar-refractivity contribution in [3.63, 3.8) is 0 Å². The van der Waals surface area contributed by atoms with Crippen molar-refractivity contribution in [2.45, 2.75) is 59.2 Å². The highest BCUT2D eigenvalue weighted by molar-refractivity contribution is 5.22. The quantitative estimate of drug-likeness (QED) is 0.898. The summed E-state index contributed by atoms with van der Waals surface area (Å²) < 4.78 is 0. The first-order chi connectivity index (χ1) is 9.42. The van der Waals surface area contributed by atoms with E-state index in [1.807, 2.05) is 0 Å². The second kappa shape index (κ2) is 6.73. The first kappa shape index (κ1) is 15.5. The van der Waals surface area contributed by atoms with Gasteiger partial charge in [-0.2, -0.15) is 0 Å². The number of nitrogens with zero attached hydrogens (tertiary/aromatic N) is 1. The molecule has 1 saturated heterocycles. The Bertz CT molecular complexity index is 402. The highest BCUT2D eigenvalue weighted by atomic mass is 15.1. The van der Waals surface area contributed by atoms with Gasteiger partial charge in [0.1, 0.15) is 0 Å². The fraction of sp³-hybridized carbons (Fsp3) is 0.667. The molecule has 0 aromatic heterocycles. The van der Waals surface area contributed by atoms with Crippen LogP contribution >= 0.6 is 0 Å². The largest absolute Gasteiger partial charge is 0.308 e. The first-order valence-corrected chi connectivity index (χ1v) is 7.97. The summed E-state index contributed by atoms with van der Waals surface area (Å²) in [6.45, 7) is 13.6. The Morgan fingerprint density at radius 1 is 1.15 bits per heavy atom. The highest BCUT2D eigenvalue weighted by Crippen LogP contribution is 2.18. The molecule has 2 rings (SSSR count). The number of rotatable bonds is 4. The Kier molecular flexibility index (Phi) is 5.22. The molecule has 0 bridgehead atoms. The van der Waals surface area contributed by atoms with Gasteiger partial charge in [0.2, 0.25) is 0 Å². The molecule has 1 N–H and O–H groups in total. The maximum Gasteiger partial charge on any atom is 0.0233 e. The van der Waals surface area contributed by atoms with E-state index in [0.717, 1.165) is 19.0 Å². The summed E-state index contributed by atoms with van der Waals surface area (Å²) in [7, 11) is 0. The average Bonchev–Trinajstić information content (AvgIpc) is 2.37. The lowest BCUT2D eigenvalue weighted by Crippen LogP contribution is -2.35. The van der Waals surface area contributed by atoms with E-state index in [0.29, 0.717) is 0 Å². The second-order valence-corrected chi connectivity index (χ2v) is 7.40. The molecule has 20 heavy (non-hydrogen) atoms. The lowest BCUT2D eigenvalue weighted by Gasteiger charge is -2.30. The van der Waals surface area contributed by atoms with Crippen LogP contribution in [0.25, 0.3) is 0 Å². The van der Waals surface area contributed by atoms with Gasteiger partial charge in [-0.15, -0.1) is 0 Å². The van der Waals surface area contributed by atoms with Crippen molar-refractivity contribution >= 4 is 0 Å². The lowest BCUT2D eigenvalue weighted by molar-refractivity contribution is 0.176. The smallest absolute Gasteiger partial charge is 0.0233 e. The monoisotopic (exact) mass is 274 g/mol. The molecular weight excluding hydrogens is 244 g/mol. The van der Waals surface area contributed by atoms with E-state index in [9.17, 15) is 0 Å². The molecule has 0 aliphatic carbocycles. The van der Waals surface area contributed by atoms with E-state index >= 15 is 0 Å². The SMILES string of the molecule is CC1CCCN(Cc2ccc(CNC(C)(C)C)cc2)C1. The third-order valence-corrected chi connectivity index (χ3v) is 3.99. The standard InChI is InChI=1S/C18H30N2/c1-15-6-5-11-20(13-15)14-17-9-7-16(8-10-17)12-19-18(2,3)4/h7-10,15,19H,5-6,11-14H2,1-4H3. The first-order valence-electron chi connectivity index (χ1n) is 7.97. The van der Waals surface area contributed by atoms with Crippen LogP contribution in [0.1, 0.15) is 51.7 Å². The zero-order chi connectivity index (χ0) is 14.6. The van der Waals surface area contributed by atoms with Gasteiger partial charge in [0.25, 0.3) is 0 Å². The van der Waals surface area contributed by atoms with Gasteiger partial charge in [0.05, 0.1) is 0 Å². The summed E-state index contributed by atoms with van der Waals surface area (Å²) >= 11 is 0. The van der Waals surface area contributed by atoms with E-state index < -0.39 is 0 Å². The molecule has 0 spiro atoms. The predicted molar refractivity (Wildman–Crippen MR) is 86.7 cm³/mol. The topological polar surface area (TPSA) is 15.3 Å². The van der Waals surface area contributed by atoms with Crippen LogP contribution in [-0.4, -0.2) is 23.5 Å². The third-order valence-electron chi connectivity index (χ3n) is 3.99. The van der Waals surface area contributed by atoms with Gasteiger partial charge in [0.15, 0.2) is 0 Å². The van der Waals surface area contributed by atoms with Crippen molar-refractivity contribution in [1.29, 1.82) is 0 Å². The highest BCUT2D eigenvalue weighted by Gasteiger charge is 2.16. The van der Waals surface area contributed by atoms with Crippen molar-refractivity contribution in [2.24, 2.45) is 5.92 Å². The van der Waals surface area contributed by atoms with Crippen LogP contribution in [0.3, 0.4) is 0 Å². The summed E-state index contributed by atoms with van der Waals surface area (Å²) in [5, 5.41) is 3.53. The van der Waals surface area contributed by atoms with E-state index in [2.05, 4.69) is 62.2 Å². The molecule has 1 aliphatic heterocycles. The minimum absolute atomic E-state index is 0.183. The normalized spacial score (nSPS) is 21.1. The van der Waals surface area contributed by atoms with Crippen LogP contribution in [0.5, 0.6) is 0 Å². The fourth-order valence-corrected chi connectivity index (χ4v) is 2.82. The molecule has 0 saturated carbocycles. The van der Waals surface area contributed by atoms with Gasteiger partial charge in [0, 0.05) is 25.2 Å². The van der Waals surface area contributed by atoms with E-state index in [1.54, 1.807) is 0 Å². The summed E-state index contributed by atoms with van der Waals surface area (Å²) in [6.07, 6.45) is 2.75. The van der Waals surface area contributed by atoms with Crippen molar-refractivity contribution in [2.75, 3.05) is 13.1 Å². The molecule has 1 unspecified atom stereocenters. The number of likely N-dealkylation sites (tertiary alicyclic amines) is 1. The number of hydrogen-bond donors (Lipinski definition) is 1. The van der Waals surface area contributed by atoms with Crippen LogP contribution < -0.4 is 5.32 Å². The number of benzene rings is 1. The van der Waals surface area contributed by atoms with Crippen molar-refractivity contribution < 1.29 is 0 Å². The summed E-state index contributed by atoms with van der Waals surface area (Å²) in [5.41, 5.74) is 3.00. The fourth-order valence-electron chi connectivity index (χ4n) is 2.82. The minimum atomic E-state index is 0.183. The molecule has 1 heterocycles. The molecule has 0 amide bonds. The van der Waals surface area contributed by atoms with Gasteiger partial charge in [-0.3, -0.25) is 4.90 Å². The summed E-state index contributed by atoms with van der Waals surface area (Å²) in [4.78, 5) is 2.59. The molecule has 112 valence electrons. The second-order valence-electron chi connectivity index (χ2n) is 7.40. The Morgan fingerprint density at radius 2 is 1.80 bits per heavy atom. The van der Waals surface area contributed by atoms with E-state index in [1.165, 1.54) is 37.1 Å². The molecule has 1 aromatic carbocycles. The average molecular weight is 274 g/mol. The maximum absolute atomic E-state index is 3.53. The number of hydrogen-bond acceptors (Lipinski definition) is 2. The molecule has 1 aliphatic rings. The molecule has 1 fully saturated rings. The molecule has 2 heteroatoms. The van der Waals surface area contributed by atoms with Gasteiger partial charge in [-0.25, -0.2) is 0 Å². The minimum Gasteiger partial charge on any atom is -0.308 e. The van der Waals surface area contributed by atoms with E-state index in [4.69, 9.17) is 0 Å². The lowest BCUT2D eigenvalue weighted by atomic mass is 9.99. The summed E-state index contributed by atoms with van der Waals surface area (Å²) in [5.74, 6) is 0.860. The molecule has 0 radical (unpaired) electrons. The maximum atomic E-state index is 3.53.